The smallest absolute Gasteiger partial charge is 0.281 e. The van der Waals surface area contributed by atoms with Gasteiger partial charge in [0.15, 0.2) is 11.2 Å². The third-order valence-electron chi connectivity index (χ3n) is 2.96. The van der Waals surface area contributed by atoms with E-state index in [0.29, 0.717) is 23.9 Å². The van der Waals surface area contributed by atoms with Gasteiger partial charge in [-0.05, 0) is 5.92 Å². The summed E-state index contributed by atoms with van der Waals surface area (Å²) in [4.78, 5) is 19.3. The van der Waals surface area contributed by atoms with Crippen LogP contribution < -0.4 is 5.56 Å². The molecule has 3 rings (SSSR count). The van der Waals surface area contributed by atoms with Crippen LogP contribution >= 0.6 is 0 Å². The Morgan fingerprint density at radius 1 is 1.25 bits per heavy atom. The fourth-order valence-electron chi connectivity index (χ4n) is 2.07. The molecular weight excluding hydrogens is 254 g/mol. The predicted octanol–water partition coefficient (Wildman–Crippen LogP) is 1.84. The van der Waals surface area contributed by atoms with Crippen LogP contribution in [0.5, 0.6) is 0 Å². The van der Waals surface area contributed by atoms with Crippen LogP contribution in [0.2, 0.25) is 0 Å². The van der Waals surface area contributed by atoms with Crippen molar-refractivity contribution < 1.29 is 0 Å². The maximum atomic E-state index is 12.1. The van der Waals surface area contributed by atoms with E-state index >= 15 is 0 Å². The summed E-state index contributed by atoms with van der Waals surface area (Å²) < 4.78 is 1.68. The molecule has 3 aromatic rings. The van der Waals surface area contributed by atoms with Gasteiger partial charge in [-0.2, -0.15) is 0 Å². The zero-order valence-corrected chi connectivity index (χ0v) is 11.4. The van der Waals surface area contributed by atoms with Crippen LogP contribution in [0.15, 0.2) is 35.1 Å². The van der Waals surface area contributed by atoms with Crippen molar-refractivity contribution in [3.63, 3.8) is 0 Å². The lowest BCUT2D eigenvalue weighted by Gasteiger charge is -2.05. The zero-order chi connectivity index (χ0) is 14.1. The fraction of sp³-hybridized carbons (Fsp3) is 0.286. The first-order chi connectivity index (χ1) is 9.65. The Bertz CT molecular complexity index is 788. The normalized spacial score (nSPS) is 11.3. The molecule has 0 aliphatic heterocycles. The first-order valence-electron chi connectivity index (χ1n) is 6.54. The molecular formula is C14H15N5O. The van der Waals surface area contributed by atoms with Crippen LogP contribution in [0.3, 0.4) is 0 Å². The lowest BCUT2D eigenvalue weighted by Crippen LogP contribution is -2.12. The number of aromatic amines is 1. The average Bonchev–Trinajstić information content (AvgIpc) is 2.83. The van der Waals surface area contributed by atoms with Crippen molar-refractivity contribution in [3.05, 3.63) is 40.7 Å². The van der Waals surface area contributed by atoms with Crippen molar-refractivity contribution in [2.24, 2.45) is 5.92 Å². The molecule has 0 spiro atoms. The molecule has 0 aliphatic carbocycles. The highest BCUT2D eigenvalue weighted by molar-refractivity contribution is 5.71. The molecule has 102 valence electrons. The molecule has 0 amide bonds. The second-order valence-corrected chi connectivity index (χ2v) is 5.12. The van der Waals surface area contributed by atoms with Crippen molar-refractivity contribution in [2.45, 2.75) is 20.4 Å². The van der Waals surface area contributed by atoms with E-state index < -0.39 is 0 Å². The van der Waals surface area contributed by atoms with E-state index in [9.17, 15) is 4.79 Å². The second-order valence-electron chi connectivity index (χ2n) is 5.12. The molecule has 0 saturated carbocycles. The SMILES string of the molecule is CC(C)Cn1nnc2c(=O)[nH]c(-c3ccccc3)nc21. The summed E-state index contributed by atoms with van der Waals surface area (Å²) in [6.07, 6.45) is 0. The van der Waals surface area contributed by atoms with Crippen molar-refractivity contribution >= 4 is 11.2 Å². The van der Waals surface area contributed by atoms with Crippen LogP contribution in [-0.2, 0) is 6.54 Å². The third kappa shape index (κ3) is 2.20. The van der Waals surface area contributed by atoms with Gasteiger partial charge in [-0.15, -0.1) is 5.10 Å². The minimum absolute atomic E-state index is 0.260. The lowest BCUT2D eigenvalue weighted by atomic mass is 10.2. The first kappa shape index (κ1) is 12.5. The highest BCUT2D eigenvalue weighted by atomic mass is 16.1. The number of nitrogens with one attached hydrogen (secondary N) is 1. The van der Waals surface area contributed by atoms with Gasteiger partial charge in [0.05, 0.1) is 0 Å². The molecule has 2 heterocycles. The van der Waals surface area contributed by atoms with E-state index in [2.05, 4.69) is 34.1 Å². The number of rotatable bonds is 3. The Balaban J connectivity index is 2.19. The van der Waals surface area contributed by atoms with Gasteiger partial charge in [0.1, 0.15) is 5.82 Å². The molecule has 0 fully saturated rings. The maximum Gasteiger partial charge on any atom is 0.281 e. The molecule has 0 aliphatic rings. The van der Waals surface area contributed by atoms with Crippen molar-refractivity contribution in [3.8, 4) is 11.4 Å². The molecule has 20 heavy (non-hydrogen) atoms. The molecule has 2 aromatic heterocycles. The van der Waals surface area contributed by atoms with Crippen LogP contribution in [-0.4, -0.2) is 25.0 Å². The Hall–Kier alpha value is -2.50. The highest BCUT2D eigenvalue weighted by Crippen LogP contribution is 2.15. The highest BCUT2D eigenvalue weighted by Gasteiger charge is 2.13. The number of fused-ring (bicyclic) bond motifs is 1. The summed E-state index contributed by atoms with van der Waals surface area (Å²) in [6.45, 7) is 4.85. The summed E-state index contributed by atoms with van der Waals surface area (Å²) in [7, 11) is 0. The summed E-state index contributed by atoms with van der Waals surface area (Å²) in [5.74, 6) is 0.941. The van der Waals surface area contributed by atoms with Gasteiger partial charge >= 0.3 is 0 Å². The van der Waals surface area contributed by atoms with Crippen LogP contribution in [0.1, 0.15) is 13.8 Å². The summed E-state index contributed by atoms with van der Waals surface area (Å²) >= 11 is 0. The van der Waals surface area contributed by atoms with Gasteiger partial charge in [-0.3, -0.25) is 4.79 Å². The van der Waals surface area contributed by atoms with E-state index in [-0.39, 0.29) is 11.1 Å². The van der Waals surface area contributed by atoms with Gasteiger partial charge in [0, 0.05) is 12.1 Å². The van der Waals surface area contributed by atoms with Crippen molar-refractivity contribution in [1.29, 1.82) is 0 Å². The largest absolute Gasteiger partial charge is 0.304 e. The predicted molar refractivity (Wildman–Crippen MR) is 76.2 cm³/mol. The standard InChI is InChI=1S/C14H15N5O/c1-9(2)8-19-13-11(17-18-19)14(20)16-12(15-13)10-6-4-3-5-7-10/h3-7,9H,8H2,1-2H3,(H,15,16,20). The van der Waals surface area contributed by atoms with E-state index in [1.165, 1.54) is 0 Å². The van der Waals surface area contributed by atoms with Gasteiger partial charge in [0.2, 0.25) is 0 Å². The molecule has 0 saturated heterocycles. The van der Waals surface area contributed by atoms with Gasteiger partial charge in [-0.25, -0.2) is 9.67 Å². The number of aromatic nitrogens is 5. The second kappa shape index (κ2) is 4.88. The van der Waals surface area contributed by atoms with Crippen molar-refractivity contribution in [1.82, 2.24) is 25.0 Å². The summed E-state index contributed by atoms with van der Waals surface area (Å²) in [6, 6.07) is 9.54. The molecule has 1 N–H and O–H groups in total. The number of H-pyrrole nitrogens is 1. The average molecular weight is 269 g/mol. The van der Waals surface area contributed by atoms with Crippen LogP contribution in [0.25, 0.3) is 22.6 Å². The van der Waals surface area contributed by atoms with Crippen LogP contribution in [0, 0.1) is 5.92 Å². The van der Waals surface area contributed by atoms with Gasteiger partial charge in [0.25, 0.3) is 5.56 Å². The molecule has 0 unspecified atom stereocenters. The summed E-state index contributed by atoms with van der Waals surface area (Å²) in [5, 5.41) is 7.93. The molecule has 1 aromatic carbocycles. The van der Waals surface area contributed by atoms with E-state index in [0.717, 1.165) is 5.56 Å². The third-order valence-corrected chi connectivity index (χ3v) is 2.96. The van der Waals surface area contributed by atoms with Gasteiger partial charge in [-0.1, -0.05) is 49.4 Å². The molecule has 6 heteroatoms. The van der Waals surface area contributed by atoms with E-state index in [4.69, 9.17) is 0 Å². The number of hydrogen-bond donors (Lipinski definition) is 1. The molecule has 0 bridgehead atoms. The van der Waals surface area contributed by atoms with Gasteiger partial charge < -0.3 is 4.98 Å². The monoisotopic (exact) mass is 269 g/mol. The quantitative estimate of drug-likeness (QED) is 0.787. The minimum atomic E-state index is -0.260. The number of nitrogens with zero attached hydrogens (tertiary/aromatic N) is 4. The summed E-state index contributed by atoms with van der Waals surface area (Å²) in [5.41, 5.74) is 1.42. The minimum Gasteiger partial charge on any atom is -0.304 e. The van der Waals surface area contributed by atoms with E-state index in [1.54, 1.807) is 4.68 Å². The topological polar surface area (TPSA) is 76.5 Å². The number of hydrogen-bond acceptors (Lipinski definition) is 4. The van der Waals surface area contributed by atoms with Crippen molar-refractivity contribution in [2.75, 3.05) is 0 Å². The number of benzene rings is 1. The molecule has 0 atom stereocenters. The molecule has 6 nitrogen and oxygen atoms in total. The van der Waals surface area contributed by atoms with E-state index in [1.807, 2.05) is 30.3 Å². The Morgan fingerprint density at radius 3 is 2.70 bits per heavy atom. The Morgan fingerprint density at radius 2 is 2.00 bits per heavy atom. The Kier molecular flexibility index (Phi) is 3.06. The maximum absolute atomic E-state index is 12.1. The zero-order valence-electron chi connectivity index (χ0n) is 11.4. The molecule has 0 radical (unpaired) electrons. The first-order valence-corrected chi connectivity index (χ1v) is 6.54. The lowest BCUT2D eigenvalue weighted by molar-refractivity contribution is 0.480. The fourth-order valence-corrected chi connectivity index (χ4v) is 2.07. The Labute approximate surface area is 115 Å². The van der Waals surface area contributed by atoms with Crippen LogP contribution in [0.4, 0.5) is 0 Å².